The van der Waals surface area contributed by atoms with E-state index in [2.05, 4.69) is 29.5 Å². The van der Waals surface area contributed by atoms with Crippen LogP contribution in [0.15, 0.2) is 0 Å². The Labute approximate surface area is 155 Å². The topological polar surface area (TPSA) is 55.8 Å². The lowest BCUT2D eigenvalue weighted by Gasteiger charge is -2.54. The SMILES string of the molecule is CC.CC(C)OC1OC(=O)C(C)C2CCC(C)C(C)[C@@]12O.CI. The molecule has 2 aliphatic rings. The summed E-state index contributed by atoms with van der Waals surface area (Å²) in [5.41, 5.74) is -1.06. The van der Waals surface area contributed by atoms with Crippen molar-refractivity contribution in [3.05, 3.63) is 0 Å². The van der Waals surface area contributed by atoms with Crippen molar-refractivity contribution in [2.45, 2.75) is 79.3 Å². The molecule has 0 bridgehead atoms. The summed E-state index contributed by atoms with van der Waals surface area (Å²) in [7, 11) is 0. The Kier molecular flexibility index (Phi) is 10.2. The van der Waals surface area contributed by atoms with E-state index in [1.165, 1.54) is 0 Å². The highest BCUT2D eigenvalue weighted by Crippen LogP contribution is 2.50. The van der Waals surface area contributed by atoms with Crippen molar-refractivity contribution >= 4 is 28.6 Å². The number of carbonyl (C=O) groups excluding carboxylic acids is 1. The number of esters is 1. The second kappa shape index (κ2) is 10.2. The molecule has 4 nitrogen and oxygen atoms in total. The van der Waals surface area contributed by atoms with E-state index in [1.807, 2.05) is 46.5 Å². The van der Waals surface area contributed by atoms with Crippen molar-refractivity contribution in [2.24, 2.45) is 23.7 Å². The number of aliphatic hydroxyl groups is 1. The van der Waals surface area contributed by atoms with Crippen molar-refractivity contribution in [1.29, 1.82) is 0 Å². The van der Waals surface area contributed by atoms with Crippen LogP contribution in [0.5, 0.6) is 0 Å². The third-order valence-electron chi connectivity index (χ3n) is 5.08. The van der Waals surface area contributed by atoms with Crippen molar-refractivity contribution in [1.82, 2.24) is 0 Å². The van der Waals surface area contributed by atoms with Gasteiger partial charge in [0, 0.05) is 5.92 Å². The maximum Gasteiger partial charge on any atom is 0.311 e. The van der Waals surface area contributed by atoms with E-state index >= 15 is 0 Å². The molecule has 2 fully saturated rings. The molecule has 0 amide bonds. The van der Waals surface area contributed by atoms with Crippen molar-refractivity contribution in [2.75, 3.05) is 4.93 Å². The average Bonchev–Trinajstić information content (AvgIpc) is 2.54. The van der Waals surface area contributed by atoms with Crippen LogP contribution in [0.1, 0.15) is 61.3 Å². The van der Waals surface area contributed by atoms with Gasteiger partial charge < -0.3 is 14.6 Å². The van der Waals surface area contributed by atoms with E-state index in [0.717, 1.165) is 12.8 Å². The molecule has 0 aromatic rings. The highest BCUT2D eigenvalue weighted by atomic mass is 127. The van der Waals surface area contributed by atoms with Gasteiger partial charge in [0.1, 0.15) is 5.60 Å². The highest BCUT2D eigenvalue weighted by molar-refractivity contribution is 14.1. The number of hydrogen-bond donors (Lipinski definition) is 1. The van der Waals surface area contributed by atoms with Crippen LogP contribution in [-0.2, 0) is 14.3 Å². The number of hydrogen-bond acceptors (Lipinski definition) is 4. The van der Waals surface area contributed by atoms with Crippen LogP contribution in [0.25, 0.3) is 0 Å². The molecule has 23 heavy (non-hydrogen) atoms. The number of rotatable bonds is 2. The Bertz CT molecular complexity index is 361. The van der Waals surface area contributed by atoms with Crippen LogP contribution in [0.3, 0.4) is 0 Å². The maximum absolute atomic E-state index is 12.0. The molecule has 1 saturated carbocycles. The van der Waals surface area contributed by atoms with Crippen LogP contribution in [0.4, 0.5) is 0 Å². The van der Waals surface area contributed by atoms with Gasteiger partial charge in [-0.15, -0.1) is 0 Å². The predicted octanol–water partition coefficient (Wildman–Crippen LogP) is 4.42. The second-order valence-electron chi connectivity index (χ2n) is 6.58. The standard InChI is InChI=1S/C15H26O4.C2H6.CH3I/c1-8(2)18-14-15(17)11(5)9(3)6-7-12(15)10(4)13(16)19-14;2*1-2/h8-12,14,17H,6-7H2,1-5H3;1-2H3;1H3/t9?,10?,11?,12?,14?,15-;;/m0../s1. The molecule has 2 rings (SSSR count). The first-order chi connectivity index (χ1) is 10.8. The lowest BCUT2D eigenvalue weighted by molar-refractivity contribution is -0.310. The van der Waals surface area contributed by atoms with Crippen LogP contribution in [-0.4, -0.2) is 34.0 Å². The molecule has 5 unspecified atom stereocenters. The molecule has 0 radical (unpaired) electrons. The molecule has 138 valence electrons. The van der Waals surface area contributed by atoms with E-state index in [1.54, 1.807) is 0 Å². The fraction of sp³-hybridized carbons (Fsp3) is 0.944. The van der Waals surface area contributed by atoms with Crippen molar-refractivity contribution in [3.63, 3.8) is 0 Å². The van der Waals surface area contributed by atoms with Gasteiger partial charge in [0.05, 0.1) is 12.0 Å². The third-order valence-corrected chi connectivity index (χ3v) is 5.08. The number of halogens is 1. The number of carbonyl (C=O) groups is 1. The van der Waals surface area contributed by atoms with Crippen molar-refractivity contribution in [3.8, 4) is 0 Å². The minimum atomic E-state index is -1.06. The van der Waals surface area contributed by atoms with Crippen molar-refractivity contribution < 1.29 is 19.4 Å². The van der Waals surface area contributed by atoms with Gasteiger partial charge in [-0.3, -0.25) is 4.79 Å². The molecule has 1 heterocycles. The van der Waals surface area contributed by atoms with Crippen LogP contribution < -0.4 is 0 Å². The van der Waals surface area contributed by atoms with Gasteiger partial charge in [-0.05, 0) is 43.5 Å². The molecule has 1 aliphatic carbocycles. The summed E-state index contributed by atoms with van der Waals surface area (Å²) in [5, 5.41) is 11.2. The Balaban J connectivity index is 0.00000112. The summed E-state index contributed by atoms with van der Waals surface area (Å²) in [6, 6.07) is 0. The molecule has 0 aromatic heterocycles. The van der Waals surface area contributed by atoms with Crippen LogP contribution >= 0.6 is 22.6 Å². The summed E-state index contributed by atoms with van der Waals surface area (Å²) >= 11 is 2.15. The van der Waals surface area contributed by atoms with Gasteiger partial charge in [0.15, 0.2) is 0 Å². The number of fused-ring (bicyclic) bond motifs is 1. The number of cyclic esters (lactones) is 1. The molecule has 0 aromatic carbocycles. The molecular weight excluding hydrogens is 407 g/mol. The van der Waals surface area contributed by atoms with E-state index in [4.69, 9.17) is 9.47 Å². The first-order valence-corrected chi connectivity index (χ1v) is 10.9. The summed E-state index contributed by atoms with van der Waals surface area (Å²) in [4.78, 5) is 13.9. The largest absolute Gasteiger partial charge is 0.432 e. The third kappa shape index (κ3) is 4.82. The van der Waals surface area contributed by atoms with Crippen LogP contribution in [0.2, 0.25) is 0 Å². The molecular formula is C18H35IO4. The Morgan fingerprint density at radius 2 is 1.74 bits per heavy atom. The minimum absolute atomic E-state index is 0.0607. The lowest BCUT2D eigenvalue weighted by Crippen LogP contribution is -2.65. The van der Waals surface area contributed by atoms with E-state index in [9.17, 15) is 9.90 Å². The fourth-order valence-corrected chi connectivity index (χ4v) is 3.61. The van der Waals surface area contributed by atoms with E-state index < -0.39 is 11.9 Å². The zero-order chi connectivity index (χ0) is 18.4. The molecule has 1 saturated heterocycles. The van der Waals surface area contributed by atoms with Gasteiger partial charge in [-0.1, -0.05) is 57.2 Å². The Hall–Kier alpha value is 0.120. The Morgan fingerprint density at radius 3 is 2.22 bits per heavy atom. The number of ether oxygens (including phenoxy) is 2. The van der Waals surface area contributed by atoms with Gasteiger partial charge >= 0.3 is 5.97 Å². The summed E-state index contributed by atoms with van der Waals surface area (Å²) in [6.07, 6.45) is 0.982. The second-order valence-corrected chi connectivity index (χ2v) is 6.58. The van der Waals surface area contributed by atoms with E-state index in [0.29, 0.717) is 5.92 Å². The lowest BCUT2D eigenvalue weighted by atomic mass is 9.60. The molecule has 1 N–H and O–H groups in total. The molecule has 0 spiro atoms. The summed E-state index contributed by atoms with van der Waals surface area (Å²) in [6.45, 7) is 13.8. The zero-order valence-electron chi connectivity index (χ0n) is 15.9. The van der Waals surface area contributed by atoms with Gasteiger partial charge in [0.25, 0.3) is 0 Å². The monoisotopic (exact) mass is 442 g/mol. The summed E-state index contributed by atoms with van der Waals surface area (Å²) < 4.78 is 11.1. The fourth-order valence-electron chi connectivity index (χ4n) is 3.61. The highest BCUT2D eigenvalue weighted by Gasteiger charge is 2.60. The minimum Gasteiger partial charge on any atom is -0.432 e. The zero-order valence-corrected chi connectivity index (χ0v) is 18.1. The number of alkyl halides is 1. The van der Waals surface area contributed by atoms with Gasteiger partial charge in [-0.2, -0.15) is 0 Å². The summed E-state index contributed by atoms with van der Waals surface area (Å²) in [5.74, 6) is -0.105. The quantitative estimate of drug-likeness (QED) is 0.391. The first-order valence-electron chi connectivity index (χ1n) is 8.74. The average molecular weight is 442 g/mol. The van der Waals surface area contributed by atoms with Gasteiger partial charge in [0.2, 0.25) is 6.29 Å². The van der Waals surface area contributed by atoms with E-state index in [-0.39, 0.29) is 29.8 Å². The molecule has 1 aliphatic heterocycles. The Morgan fingerprint density at radius 1 is 1.22 bits per heavy atom. The van der Waals surface area contributed by atoms with Gasteiger partial charge in [-0.25, -0.2) is 0 Å². The first kappa shape index (κ1) is 23.1. The molecule has 5 heteroatoms. The smallest absolute Gasteiger partial charge is 0.311 e. The van der Waals surface area contributed by atoms with Crippen LogP contribution in [0, 0.1) is 23.7 Å². The predicted molar refractivity (Wildman–Crippen MR) is 103 cm³/mol. The molecule has 6 atom stereocenters. The normalized spacial score (nSPS) is 39.3. The maximum atomic E-state index is 12.0.